The molecule has 0 aliphatic carbocycles. The number of hydrogen-bond donors (Lipinski definition) is 0. The van der Waals surface area contributed by atoms with E-state index in [1.54, 1.807) is 24.1 Å². The number of methoxy groups -OCH3 is 1. The minimum atomic E-state index is -1.51. The van der Waals surface area contributed by atoms with Crippen LogP contribution in [0, 0.1) is 0 Å². The van der Waals surface area contributed by atoms with E-state index in [1.165, 1.54) is 0 Å². The maximum absolute atomic E-state index is 13.3. The first-order valence-electron chi connectivity index (χ1n) is 9.42. The van der Waals surface area contributed by atoms with Crippen molar-refractivity contribution in [2.45, 2.75) is 18.6 Å². The second-order valence-electron chi connectivity index (χ2n) is 6.73. The second kappa shape index (κ2) is 8.40. The van der Waals surface area contributed by atoms with Gasteiger partial charge in [0.25, 0.3) is 11.7 Å². The molecule has 0 unspecified atom stereocenters. The number of carbonyl (C=O) groups excluding carboxylic acids is 1. The van der Waals surface area contributed by atoms with Crippen molar-refractivity contribution >= 4 is 34.8 Å². The van der Waals surface area contributed by atoms with Gasteiger partial charge >= 0.3 is 0 Å². The van der Waals surface area contributed by atoms with Crippen LogP contribution >= 0.6 is 23.2 Å². The van der Waals surface area contributed by atoms with Crippen LogP contribution in [0.3, 0.4) is 0 Å². The van der Waals surface area contributed by atoms with Crippen LogP contribution in [0.5, 0.6) is 11.5 Å². The number of para-hydroxylation sites is 2. The number of hydrogen-bond acceptors (Lipinski definition) is 5. The topological polar surface area (TPSA) is 57.2 Å². The minimum absolute atomic E-state index is 0.306. The molecule has 1 saturated heterocycles. The fourth-order valence-corrected chi connectivity index (χ4v) is 4.20. The molecule has 154 valence electrons. The second-order valence-corrected chi connectivity index (χ2v) is 7.54. The van der Waals surface area contributed by atoms with E-state index < -0.39 is 5.79 Å². The van der Waals surface area contributed by atoms with E-state index >= 15 is 0 Å². The lowest BCUT2D eigenvalue weighted by Crippen LogP contribution is -2.47. The fraction of sp³-hybridized carbons (Fsp3) is 0.381. The van der Waals surface area contributed by atoms with Gasteiger partial charge in [-0.2, -0.15) is 0 Å². The Kier molecular flexibility index (Phi) is 5.88. The Bertz CT molecular complexity index is 914. The number of benzene rings is 2. The van der Waals surface area contributed by atoms with Gasteiger partial charge in [-0.05, 0) is 37.1 Å². The van der Waals surface area contributed by atoms with E-state index in [-0.39, 0.29) is 5.91 Å². The summed E-state index contributed by atoms with van der Waals surface area (Å²) < 4.78 is 22.8. The molecule has 0 atom stereocenters. The van der Waals surface area contributed by atoms with Crippen molar-refractivity contribution in [3.8, 4) is 11.5 Å². The van der Waals surface area contributed by atoms with E-state index in [4.69, 9.17) is 42.1 Å². The number of anilines is 1. The molecule has 0 saturated carbocycles. The zero-order valence-corrected chi connectivity index (χ0v) is 17.5. The predicted molar refractivity (Wildman–Crippen MR) is 110 cm³/mol. The highest BCUT2D eigenvalue weighted by Gasteiger charge is 2.56. The van der Waals surface area contributed by atoms with Crippen molar-refractivity contribution in [3.63, 3.8) is 0 Å². The van der Waals surface area contributed by atoms with Gasteiger partial charge < -0.3 is 23.8 Å². The maximum atomic E-state index is 13.3. The molecular formula is C21H21Cl2NO5. The molecule has 0 aromatic heterocycles. The van der Waals surface area contributed by atoms with E-state index in [9.17, 15) is 4.79 Å². The number of carbonyl (C=O) groups is 1. The number of ether oxygens (including phenoxy) is 4. The number of amides is 1. The molecule has 4 rings (SSSR count). The average Bonchev–Trinajstić information content (AvgIpc) is 2.98. The summed E-state index contributed by atoms with van der Waals surface area (Å²) in [7, 11) is 1.59. The summed E-state index contributed by atoms with van der Waals surface area (Å²) in [6.07, 6.45) is 1.29. The van der Waals surface area contributed by atoms with Crippen molar-refractivity contribution in [1.82, 2.24) is 0 Å². The van der Waals surface area contributed by atoms with Crippen LogP contribution in [0.4, 0.5) is 5.69 Å². The van der Waals surface area contributed by atoms with Crippen LogP contribution in [0.15, 0.2) is 36.4 Å². The fourth-order valence-electron chi connectivity index (χ4n) is 3.66. The SMILES string of the molecule is COc1ccccc1OCCCN1C(=O)C2(OCCCO2)c2c(Cl)ccc(Cl)c21. The van der Waals surface area contributed by atoms with Gasteiger partial charge in [0, 0.05) is 6.54 Å². The molecule has 6 nitrogen and oxygen atoms in total. The Morgan fingerprint density at radius 3 is 2.48 bits per heavy atom. The predicted octanol–water partition coefficient (Wildman–Crippen LogP) is 4.41. The van der Waals surface area contributed by atoms with E-state index in [0.29, 0.717) is 65.6 Å². The summed E-state index contributed by atoms with van der Waals surface area (Å²) in [6.45, 7) is 1.61. The lowest BCUT2D eigenvalue weighted by molar-refractivity contribution is -0.256. The van der Waals surface area contributed by atoms with Gasteiger partial charge in [-0.25, -0.2) is 0 Å². The molecule has 0 radical (unpaired) electrons. The van der Waals surface area contributed by atoms with Crippen LogP contribution in [0.25, 0.3) is 0 Å². The Morgan fingerprint density at radius 2 is 1.76 bits per heavy atom. The highest BCUT2D eigenvalue weighted by molar-refractivity contribution is 6.38. The van der Waals surface area contributed by atoms with Gasteiger partial charge in [0.15, 0.2) is 11.5 Å². The molecule has 2 aliphatic heterocycles. The number of rotatable bonds is 6. The number of nitrogens with zero attached hydrogens (tertiary/aromatic N) is 1. The zero-order valence-electron chi connectivity index (χ0n) is 16.0. The molecule has 2 aliphatic rings. The summed E-state index contributed by atoms with van der Waals surface area (Å²) in [4.78, 5) is 14.9. The monoisotopic (exact) mass is 437 g/mol. The van der Waals surface area contributed by atoms with Crippen molar-refractivity contribution in [2.24, 2.45) is 0 Å². The summed E-state index contributed by atoms with van der Waals surface area (Å²) >= 11 is 12.9. The zero-order chi connectivity index (χ0) is 20.4. The normalized spacial score (nSPS) is 17.5. The average molecular weight is 438 g/mol. The molecule has 2 aromatic rings. The lowest BCUT2D eigenvalue weighted by Gasteiger charge is -2.32. The third-order valence-corrected chi connectivity index (χ3v) is 5.58. The Labute approximate surface area is 179 Å². The quantitative estimate of drug-likeness (QED) is 0.626. The van der Waals surface area contributed by atoms with Gasteiger partial charge in [0.2, 0.25) is 0 Å². The lowest BCUT2D eigenvalue weighted by atomic mass is 10.1. The van der Waals surface area contributed by atoms with Crippen LogP contribution in [-0.4, -0.2) is 39.4 Å². The van der Waals surface area contributed by atoms with Crippen molar-refractivity contribution in [3.05, 3.63) is 52.0 Å². The molecule has 2 heterocycles. The molecule has 29 heavy (non-hydrogen) atoms. The first-order valence-corrected chi connectivity index (χ1v) is 10.2. The van der Waals surface area contributed by atoms with Gasteiger partial charge in [-0.3, -0.25) is 4.79 Å². The minimum Gasteiger partial charge on any atom is -0.493 e. The molecule has 0 N–H and O–H groups in total. The van der Waals surface area contributed by atoms with Crippen LogP contribution in [0.2, 0.25) is 10.0 Å². The van der Waals surface area contributed by atoms with Gasteiger partial charge in [-0.15, -0.1) is 0 Å². The highest BCUT2D eigenvalue weighted by atomic mass is 35.5. The summed E-state index contributed by atoms with van der Waals surface area (Å²) in [5, 5.41) is 0.825. The van der Waals surface area contributed by atoms with Gasteiger partial charge in [0.05, 0.1) is 48.2 Å². The van der Waals surface area contributed by atoms with E-state index in [1.807, 2.05) is 24.3 Å². The first kappa shape index (κ1) is 20.3. The summed E-state index contributed by atoms with van der Waals surface area (Å²) in [6, 6.07) is 10.8. The molecule has 0 bridgehead atoms. The summed E-state index contributed by atoms with van der Waals surface area (Å²) in [5.41, 5.74) is 1.03. The van der Waals surface area contributed by atoms with Crippen LogP contribution in [0.1, 0.15) is 18.4 Å². The van der Waals surface area contributed by atoms with Crippen molar-refractivity contribution < 1.29 is 23.7 Å². The van der Waals surface area contributed by atoms with Crippen LogP contribution in [-0.2, 0) is 20.1 Å². The molecule has 1 spiro atoms. The maximum Gasteiger partial charge on any atom is 0.292 e. The highest BCUT2D eigenvalue weighted by Crippen LogP contribution is 2.51. The van der Waals surface area contributed by atoms with E-state index in [0.717, 1.165) is 6.42 Å². The Morgan fingerprint density at radius 1 is 1.07 bits per heavy atom. The largest absolute Gasteiger partial charge is 0.493 e. The van der Waals surface area contributed by atoms with Gasteiger partial charge in [-0.1, -0.05) is 35.3 Å². The third-order valence-electron chi connectivity index (χ3n) is 4.96. The molecule has 1 fully saturated rings. The Hall–Kier alpha value is -1.99. The Balaban J connectivity index is 1.52. The number of halogens is 2. The molecule has 2 aromatic carbocycles. The summed E-state index contributed by atoms with van der Waals surface area (Å²) in [5.74, 6) is -0.508. The van der Waals surface area contributed by atoms with Crippen molar-refractivity contribution in [1.29, 1.82) is 0 Å². The molecular weight excluding hydrogens is 417 g/mol. The molecule has 8 heteroatoms. The van der Waals surface area contributed by atoms with E-state index in [2.05, 4.69) is 0 Å². The smallest absolute Gasteiger partial charge is 0.292 e. The standard InChI is InChI=1S/C21H21Cl2NO5/c1-26-16-6-2-3-7-17(16)27-11-4-10-24-19-15(23)9-8-14(22)18(19)21(20(24)25)28-12-5-13-29-21/h2-3,6-9H,4-5,10-13H2,1H3. The number of fused-ring (bicyclic) bond motifs is 2. The first-order chi connectivity index (χ1) is 14.1. The van der Waals surface area contributed by atoms with Gasteiger partial charge in [0.1, 0.15) is 0 Å². The van der Waals surface area contributed by atoms with Crippen molar-refractivity contribution in [2.75, 3.05) is 38.4 Å². The molecule has 1 amide bonds. The third kappa shape index (κ3) is 3.55. The van der Waals surface area contributed by atoms with Crippen LogP contribution < -0.4 is 14.4 Å².